The van der Waals surface area contributed by atoms with Crippen molar-refractivity contribution in [3.05, 3.63) is 310 Å². The molecule has 0 amide bonds. The molecule has 18 rings (SSSR count). The fraction of sp³-hybridized carbons (Fsp3) is 0.0538. The van der Waals surface area contributed by atoms with Gasteiger partial charge in [-0.2, -0.15) is 42.1 Å². The minimum absolute atomic E-state index is 0.267. The van der Waals surface area contributed by atoms with Crippen LogP contribution in [0, 0.1) is 110 Å². The molecule has 0 radical (unpaired) electrons. The third-order valence-electron chi connectivity index (χ3n) is 21.1. The van der Waals surface area contributed by atoms with E-state index in [0.29, 0.717) is 89.1 Å². The molecule has 17 aromatic rings. The smallest absolute Gasteiger partial charge is 0.101 e. The van der Waals surface area contributed by atoms with Crippen molar-refractivity contribution >= 4 is 98.6 Å². The first-order valence-corrected chi connectivity index (χ1v) is 34.7. The molecule has 14 nitrogen and oxygen atoms in total. The Morgan fingerprint density at radius 1 is 0.308 bits per heavy atom. The number of aromatic nitrogens is 6. The zero-order valence-corrected chi connectivity index (χ0v) is 57.6. The first-order valence-electron chi connectivity index (χ1n) is 34.7. The topological polar surface area (TPSA) is 236 Å². The molecule has 1 aliphatic carbocycles. The maximum absolute atomic E-state index is 11.9. The predicted octanol–water partition coefficient (Wildman–Crippen LogP) is 21.0. The molecule has 11 aromatic carbocycles. The van der Waals surface area contributed by atoms with Crippen LogP contribution in [0.2, 0.25) is 0 Å². The number of nitrogens with zero attached hydrogens (tertiary/aromatic N) is 14. The molecule has 14 heteroatoms. The number of hydrogen-bond acceptors (Lipinski definition) is 10. The van der Waals surface area contributed by atoms with E-state index in [4.69, 9.17) is 9.97 Å². The lowest BCUT2D eigenvalue weighted by molar-refractivity contribution is 0.626. The van der Waals surface area contributed by atoms with Gasteiger partial charge in [0.1, 0.15) is 12.1 Å². The quantitative estimate of drug-likeness (QED) is 0.132. The van der Waals surface area contributed by atoms with Gasteiger partial charge in [0.25, 0.3) is 0 Å². The second-order valence-corrected chi connectivity index (χ2v) is 27.1. The number of rotatable bonds is 9. The number of benzene rings is 11. The molecule has 0 bridgehead atoms. The van der Waals surface area contributed by atoms with E-state index >= 15 is 0 Å². The van der Waals surface area contributed by atoms with Crippen molar-refractivity contribution in [2.45, 2.75) is 26.7 Å². The van der Waals surface area contributed by atoms with Crippen LogP contribution in [0.3, 0.4) is 0 Å². The maximum Gasteiger partial charge on any atom is 0.101 e. The van der Waals surface area contributed by atoms with Gasteiger partial charge in [0.2, 0.25) is 0 Å². The molecule has 0 saturated heterocycles. The number of para-hydroxylation sites is 1. The zero-order valence-electron chi connectivity index (χ0n) is 57.6. The van der Waals surface area contributed by atoms with Crippen LogP contribution in [0.4, 0.5) is 0 Å². The molecule has 0 saturated carbocycles. The van der Waals surface area contributed by atoms with Crippen molar-refractivity contribution in [2.24, 2.45) is 5.92 Å². The normalized spacial score (nSPS) is 13.5. The Morgan fingerprint density at radius 3 is 1.33 bits per heavy atom. The molecule has 6 heterocycles. The lowest BCUT2D eigenvalue weighted by Crippen LogP contribution is -2.24. The third-order valence-corrected chi connectivity index (χ3v) is 21.1. The first-order chi connectivity index (χ1) is 52.4. The van der Waals surface area contributed by atoms with E-state index in [1.54, 1.807) is 36.4 Å². The average Bonchev–Trinajstić information content (AvgIpc) is 1.63. The van der Waals surface area contributed by atoms with Gasteiger partial charge in [0, 0.05) is 100.0 Å². The Morgan fingerprint density at radius 2 is 0.766 bits per heavy atom. The van der Waals surface area contributed by atoms with E-state index in [0.717, 1.165) is 122 Å². The molecule has 494 valence electrons. The second kappa shape index (κ2) is 24.8. The third kappa shape index (κ3) is 10.0. The lowest BCUT2D eigenvalue weighted by Gasteiger charge is -2.35. The summed E-state index contributed by atoms with van der Waals surface area (Å²) in [6, 6.07) is 97.9. The van der Waals surface area contributed by atoms with E-state index in [9.17, 15) is 42.1 Å². The minimum atomic E-state index is -0.456. The molecule has 0 aliphatic heterocycles. The molecule has 1 aliphatic rings. The fourth-order valence-corrected chi connectivity index (χ4v) is 16.5. The van der Waals surface area contributed by atoms with E-state index in [-0.39, 0.29) is 5.56 Å². The fourth-order valence-electron chi connectivity index (χ4n) is 16.5. The van der Waals surface area contributed by atoms with Crippen molar-refractivity contribution < 1.29 is 0 Å². The molecular formula is C93H52N14. The van der Waals surface area contributed by atoms with Gasteiger partial charge in [-0.05, 0) is 176 Å². The monoisotopic (exact) mass is 1360 g/mol. The van der Waals surface area contributed by atoms with Gasteiger partial charge in [-0.25, -0.2) is 4.98 Å². The number of hydrogen-bond donors (Lipinski definition) is 0. The average molecular weight is 1370 g/mol. The number of nitriles is 8. The van der Waals surface area contributed by atoms with Crippen LogP contribution in [0.25, 0.3) is 155 Å². The van der Waals surface area contributed by atoms with Crippen molar-refractivity contribution in [3.63, 3.8) is 0 Å². The summed E-state index contributed by atoms with van der Waals surface area (Å²) in [4.78, 5) is 10.1. The van der Waals surface area contributed by atoms with Gasteiger partial charge in [0.15, 0.2) is 0 Å². The van der Waals surface area contributed by atoms with Crippen molar-refractivity contribution in [1.82, 2.24) is 28.2 Å². The van der Waals surface area contributed by atoms with E-state index < -0.39 is 11.8 Å². The Hall–Kier alpha value is -15.7. The van der Waals surface area contributed by atoms with Gasteiger partial charge in [0.05, 0.1) is 148 Å². The molecule has 0 spiro atoms. The SMILES string of the molecule is Cc1cc(-c2cc(-n3c4cc(C#N)ccc4c4ccc(C#N)cc43)c(C#N)cc2-n2c3cc(C#N)ccc3c3cc(-c4ccc5c(c4)c4cc(C#N)ccc4n5C4=C(C#N)C=C(n5c6ccccc6c6cc(C#N)ccc65)C(c5cc(-c6ccccc6)nc(-c6ccccc6)c5)C4C)c(C#N)cc32)cc(C)n1. The van der Waals surface area contributed by atoms with Crippen LogP contribution in [0.5, 0.6) is 0 Å². The summed E-state index contributed by atoms with van der Waals surface area (Å²) in [5.41, 5.74) is 20.4. The van der Waals surface area contributed by atoms with Gasteiger partial charge < -0.3 is 18.3 Å². The van der Waals surface area contributed by atoms with E-state index in [1.165, 1.54) is 0 Å². The Kier molecular flexibility index (Phi) is 14.7. The number of aryl methyl sites for hydroxylation is 2. The first kappa shape index (κ1) is 63.5. The summed E-state index contributed by atoms with van der Waals surface area (Å²) in [5, 5.41) is 93.7. The highest BCUT2D eigenvalue weighted by molar-refractivity contribution is 6.16. The van der Waals surface area contributed by atoms with Crippen LogP contribution in [0.1, 0.15) is 68.7 Å². The minimum Gasteiger partial charge on any atom is -0.312 e. The summed E-state index contributed by atoms with van der Waals surface area (Å²) in [7, 11) is 0. The Labute approximate surface area is 612 Å². The van der Waals surface area contributed by atoms with Crippen LogP contribution in [0.15, 0.2) is 254 Å². The van der Waals surface area contributed by atoms with Crippen molar-refractivity contribution in [3.8, 4) is 105 Å². The molecule has 6 aromatic heterocycles. The number of pyridine rings is 2. The zero-order chi connectivity index (χ0) is 73.0. The second-order valence-electron chi connectivity index (χ2n) is 27.1. The number of fused-ring (bicyclic) bond motifs is 12. The predicted molar refractivity (Wildman–Crippen MR) is 419 cm³/mol. The van der Waals surface area contributed by atoms with Crippen LogP contribution in [-0.2, 0) is 0 Å². The summed E-state index contributed by atoms with van der Waals surface area (Å²) in [6.45, 7) is 6.03. The van der Waals surface area contributed by atoms with Crippen molar-refractivity contribution in [1.29, 1.82) is 42.1 Å². The van der Waals surface area contributed by atoms with E-state index in [2.05, 4.69) is 119 Å². The highest BCUT2D eigenvalue weighted by Gasteiger charge is 2.38. The Bertz CT molecular complexity index is 7130. The van der Waals surface area contributed by atoms with Gasteiger partial charge in [-0.3, -0.25) is 4.98 Å². The molecule has 0 fully saturated rings. The lowest BCUT2D eigenvalue weighted by atomic mass is 9.76. The highest BCUT2D eigenvalue weighted by Crippen LogP contribution is 2.52. The van der Waals surface area contributed by atoms with Crippen molar-refractivity contribution in [2.75, 3.05) is 0 Å². The van der Waals surface area contributed by atoms with Gasteiger partial charge in [-0.1, -0.05) is 110 Å². The van der Waals surface area contributed by atoms with Crippen LogP contribution in [-0.4, -0.2) is 28.2 Å². The van der Waals surface area contributed by atoms with E-state index in [1.807, 2.05) is 181 Å². The maximum atomic E-state index is 11.9. The summed E-state index contributed by atoms with van der Waals surface area (Å²) in [6.07, 6.45) is 2.02. The Balaban J connectivity index is 0.866. The van der Waals surface area contributed by atoms with Crippen LogP contribution < -0.4 is 0 Å². The van der Waals surface area contributed by atoms with Gasteiger partial charge >= 0.3 is 0 Å². The van der Waals surface area contributed by atoms with Gasteiger partial charge in [-0.15, -0.1) is 0 Å². The standard InChI is InChI=1S/C93H52N14/c1-53-30-64(31-54(2)102-53)74-44-85(105-86-34-58(47-96)18-24-70(86)71-25-19-59(48-97)35-87(71)105)67(51-100)41-89(74)106-88-36-60(49-98)20-26-72(88)78-43-73(66(50-99)40-90(78)106)63-23-29-84-77(37-63)76-33-57(46-95)22-28-83(76)107(84)93-55(3)92(65-38-79(61-12-6-4-7-13-61)103-80(39-65)62-14-8-5-9-15-62)91(42-68(93)52-101)104-81-17-11-10-16-69(81)75-32-56(45-94)21-27-82(75)104/h4-44,55,92H,1-3H3. The summed E-state index contributed by atoms with van der Waals surface area (Å²) < 4.78 is 8.40. The highest BCUT2D eigenvalue weighted by atomic mass is 15.0. The molecule has 0 N–H and O–H groups in total. The molecule has 2 atom stereocenters. The number of allylic oxidation sites excluding steroid dienone is 4. The van der Waals surface area contributed by atoms with Crippen LogP contribution >= 0.6 is 0 Å². The summed E-state index contributed by atoms with van der Waals surface area (Å²) in [5.74, 6) is -0.909. The molecule has 107 heavy (non-hydrogen) atoms. The molecule has 2 unspecified atom stereocenters. The molecular weight excluding hydrogens is 1310 g/mol. The largest absolute Gasteiger partial charge is 0.312 e. The summed E-state index contributed by atoms with van der Waals surface area (Å²) >= 11 is 0.